The molecule has 0 saturated carbocycles. The highest BCUT2D eigenvalue weighted by Crippen LogP contribution is 2.20. The molecule has 0 atom stereocenters. The molecule has 0 radical (unpaired) electrons. The summed E-state index contributed by atoms with van der Waals surface area (Å²) in [5.41, 5.74) is 2.79. The van der Waals surface area contributed by atoms with Crippen molar-refractivity contribution in [2.24, 2.45) is 0 Å². The van der Waals surface area contributed by atoms with Crippen LogP contribution in [-0.2, 0) is 16.1 Å². The third kappa shape index (κ3) is 6.97. The Morgan fingerprint density at radius 3 is 2.60 bits per heavy atom. The lowest BCUT2D eigenvalue weighted by molar-refractivity contribution is -0.116. The van der Waals surface area contributed by atoms with Crippen LogP contribution in [-0.4, -0.2) is 18.5 Å². The first kappa shape index (κ1) is 19.0. The molecule has 0 unspecified atom stereocenters. The van der Waals surface area contributed by atoms with Crippen molar-refractivity contribution in [2.45, 2.75) is 26.4 Å². The molecular formula is C19H21BrN2O3. The number of rotatable bonds is 7. The Balaban J connectivity index is 1.61. The molecule has 2 aromatic carbocycles. The van der Waals surface area contributed by atoms with Crippen LogP contribution in [0.15, 0.2) is 53.0 Å². The number of hydrogen-bond acceptors (Lipinski definition) is 3. The first-order valence-corrected chi connectivity index (χ1v) is 8.84. The van der Waals surface area contributed by atoms with E-state index in [4.69, 9.17) is 4.74 Å². The van der Waals surface area contributed by atoms with Crippen LogP contribution < -0.4 is 10.6 Å². The van der Waals surface area contributed by atoms with Crippen molar-refractivity contribution in [3.63, 3.8) is 0 Å². The van der Waals surface area contributed by atoms with Crippen molar-refractivity contribution in [1.29, 1.82) is 0 Å². The molecule has 25 heavy (non-hydrogen) atoms. The maximum Gasteiger partial charge on any atom is 0.407 e. The lowest BCUT2D eigenvalue weighted by atomic mass is 10.2. The Morgan fingerprint density at radius 1 is 1.12 bits per heavy atom. The van der Waals surface area contributed by atoms with Crippen LogP contribution in [0.3, 0.4) is 0 Å². The van der Waals surface area contributed by atoms with Crippen molar-refractivity contribution in [1.82, 2.24) is 5.32 Å². The Bertz CT molecular complexity index is 720. The number of ether oxygens (including phenoxy) is 1. The molecule has 0 saturated heterocycles. The fourth-order valence-corrected chi connectivity index (χ4v) is 2.49. The van der Waals surface area contributed by atoms with Gasteiger partial charge in [0.25, 0.3) is 0 Å². The van der Waals surface area contributed by atoms with Gasteiger partial charge in [0, 0.05) is 23.1 Å². The predicted molar refractivity (Wildman–Crippen MR) is 101 cm³/mol. The summed E-state index contributed by atoms with van der Waals surface area (Å²) >= 11 is 3.43. The Labute approximate surface area is 155 Å². The zero-order chi connectivity index (χ0) is 18.1. The van der Waals surface area contributed by atoms with E-state index in [0.29, 0.717) is 19.4 Å². The SMILES string of the molecule is Cc1ccc(NC(=O)CCCNC(=O)OCc2ccccc2)cc1Br. The smallest absolute Gasteiger partial charge is 0.407 e. The van der Waals surface area contributed by atoms with E-state index < -0.39 is 6.09 Å². The van der Waals surface area contributed by atoms with Gasteiger partial charge in [0.05, 0.1) is 0 Å². The molecule has 132 valence electrons. The van der Waals surface area contributed by atoms with Gasteiger partial charge in [-0.2, -0.15) is 0 Å². The maximum absolute atomic E-state index is 11.9. The molecule has 2 aromatic rings. The molecule has 0 aliphatic heterocycles. The summed E-state index contributed by atoms with van der Waals surface area (Å²) in [7, 11) is 0. The van der Waals surface area contributed by atoms with Gasteiger partial charge < -0.3 is 15.4 Å². The van der Waals surface area contributed by atoms with Crippen LogP contribution in [0.25, 0.3) is 0 Å². The lowest BCUT2D eigenvalue weighted by Crippen LogP contribution is -2.26. The van der Waals surface area contributed by atoms with Crippen molar-refractivity contribution >= 4 is 33.6 Å². The number of carbonyl (C=O) groups is 2. The van der Waals surface area contributed by atoms with E-state index in [9.17, 15) is 9.59 Å². The lowest BCUT2D eigenvalue weighted by Gasteiger charge is -2.08. The minimum absolute atomic E-state index is 0.0878. The first-order chi connectivity index (χ1) is 12.0. The van der Waals surface area contributed by atoms with Crippen LogP contribution in [0.5, 0.6) is 0 Å². The Kier molecular flexibility index (Phi) is 7.47. The topological polar surface area (TPSA) is 67.4 Å². The summed E-state index contributed by atoms with van der Waals surface area (Å²) in [5, 5.41) is 5.47. The van der Waals surface area contributed by atoms with Crippen LogP contribution in [0.1, 0.15) is 24.0 Å². The minimum Gasteiger partial charge on any atom is -0.445 e. The third-order valence-corrected chi connectivity index (χ3v) is 4.37. The molecule has 0 aromatic heterocycles. The molecule has 2 rings (SSSR count). The average molecular weight is 405 g/mol. The van der Waals surface area contributed by atoms with Gasteiger partial charge in [-0.05, 0) is 36.6 Å². The highest BCUT2D eigenvalue weighted by molar-refractivity contribution is 9.10. The highest BCUT2D eigenvalue weighted by atomic mass is 79.9. The molecule has 2 amide bonds. The van der Waals surface area contributed by atoms with Crippen LogP contribution >= 0.6 is 15.9 Å². The molecular weight excluding hydrogens is 384 g/mol. The summed E-state index contributed by atoms with van der Waals surface area (Å²) in [6, 6.07) is 15.1. The van der Waals surface area contributed by atoms with Gasteiger partial charge in [0.15, 0.2) is 0 Å². The zero-order valence-corrected chi connectivity index (χ0v) is 15.6. The molecule has 0 fully saturated rings. The van der Waals surface area contributed by atoms with Gasteiger partial charge in [-0.25, -0.2) is 4.79 Å². The fourth-order valence-electron chi connectivity index (χ4n) is 2.11. The summed E-state index contributed by atoms with van der Waals surface area (Å²) in [4.78, 5) is 23.5. The van der Waals surface area contributed by atoms with E-state index in [-0.39, 0.29) is 12.5 Å². The number of nitrogens with one attached hydrogen (secondary N) is 2. The Morgan fingerprint density at radius 2 is 1.88 bits per heavy atom. The van der Waals surface area contributed by atoms with Crippen molar-refractivity contribution in [3.05, 3.63) is 64.1 Å². The average Bonchev–Trinajstić information content (AvgIpc) is 2.61. The molecule has 2 N–H and O–H groups in total. The molecule has 5 nitrogen and oxygen atoms in total. The molecule has 0 aliphatic carbocycles. The van der Waals surface area contributed by atoms with E-state index in [1.54, 1.807) is 0 Å². The normalized spacial score (nSPS) is 10.2. The van der Waals surface area contributed by atoms with Crippen LogP contribution in [0.2, 0.25) is 0 Å². The van der Waals surface area contributed by atoms with Gasteiger partial charge in [-0.3, -0.25) is 4.79 Å². The second-order valence-corrected chi connectivity index (χ2v) is 6.46. The van der Waals surface area contributed by atoms with E-state index in [1.807, 2.05) is 55.5 Å². The van der Waals surface area contributed by atoms with Crippen molar-refractivity contribution < 1.29 is 14.3 Å². The monoisotopic (exact) mass is 404 g/mol. The zero-order valence-electron chi connectivity index (χ0n) is 14.0. The molecule has 0 spiro atoms. The van der Waals surface area contributed by atoms with E-state index in [2.05, 4.69) is 26.6 Å². The summed E-state index contributed by atoms with van der Waals surface area (Å²) in [5.74, 6) is -0.0878. The van der Waals surface area contributed by atoms with Gasteiger partial charge in [0.2, 0.25) is 5.91 Å². The Hall–Kier alpha value is -2.34. The predicted octanol–water partition coefficient (Wildman–Crippen LogP) is 4.40. The fraction of sp³-hybridized carbons (Fsp3) is 0.263. The van der Waals surface area contributed by atoms with Gasteiger partial charge in [-0.15, -0.1) is 0 Å². The largest absolute Gasteiger partial charge is 0.445 e. The third-order valence-electron chi connectivity index (χ3n) is 3.52. The van der Waals surface area contributed by atoms with Crippen molar-refractivity contribution in [3.8, 4) is 0 Å². The second kappa shape index (κ2) is 9.84. The standard InChI is InChI=1S/C19H21BrN2O3/c1-14-9-10-16(12-17(14)20)22-18(23)8-5-11-21-19(24)25-13-15-6-3-2-4-7-15/h2-4,6-7,9-10,12H,5,8,11,13H2,1H3,(H,21,24)(H,22,23). The summed E-state index contributed by atoms with van der Waals surface area (Å²) in [6.45, 7) is 2.60. The molecule has 0 aliphatic rings. The number of halogens is 1. The summed E-state index contributed by atoms with van der Waals surface area (Å²) in [6.07, 6.45) is 0.385. The van der Waals surface area contributed by atoms with Gasteiger partial charge in [0.1, 0.15) is 6.61 Å². The van der Waals surface area contributed by atoms with Crippen molar-refractivity contribution in [2.75, 3.05) is 11.9 Å². The first-order valence-electron chi connectivity index (χ1n) is 8.05. The van der Waals surface area contributed by atoms with Gasteiger partial charge >= 0.3 is 6.09 Å². The number of alkyl carbamates (subject to hydrolysis) is 1. The number of aryl methyl sites for hydroxylation is 1. The molecule has 0 bridgehead atoms. The maximum atomic E-state index is 11.9. The van der Waals surface area contributed by atoms with Crippen LogP contribution in [0, 0.1) is 6.92 Å². The van der Waals surface area contributed by atoms with E-state index in [1.165, 1.54) is 0 Å². The molecule has 0 heterocycles. The number of amides is 2. The highest BCUT2D eigenvalue weighted by Gasteiger charge is 2.06. The number of carbonyl (C=O) groups excluding carboxylic acids is 2. The summed E-state index contributed by atoms with van der Waals surface area (Å²) < 4.78 is 6.05. The number of hydrogen-bond donors (Lipinski definition) is 2. The second-order valence-electron chi connectivity index (χ2n) is 5.60. The van der Waals surface area contributed by atoms with E-state index >= 15 is 0 Å². The molecule has 6 heteroatoms. The number of benzene rings is 2. The minimum atomic E-state index is -0.480. The van der Waals surface area contributed by atoms with Crippen LogP contribution in [0.4, 0.5) is 10.5 Å². The number of anilines is 1. The van der Waals surface area contributed by atoms with Gasteiger partial charge in [-0.1, -0.05) is 52.3 Å². The quantitative estimate of drug-likeness (QED) is 0.671. The van der Waals surface area contributed by atoms with E-state index in [0.717, 1.165) is 21.3 Å².